The summed E-state index contributed by atoms with van der Waals surface area (Å²) in [4.78, 5) is 12.2. The Morgan fingerprint density at radius 3 is 2.82 bits per heavy atom. The molecule has 2 heterocycles. The van der Waals surface area contributed by atoms with Gasteiger partial charge in [-0.1, -0.05) is 12.1 Å². The largest absolute Gasteiger partial charge is 0.352 e. The zero-order valence-corrected chi connectivity index (χ0v) is 12.6. The minimum Gasteiger partial charge on any atom is -0.352 e. The lowest BCUT2D eigenvalue weighted by Gasteiger charge is -2.14. The lowest BCUT2D eigenvalue weighted by atomic mass is 10.0. The van der Waals surface area contributed by atoms with Crippen molar-refractivity contribution in [1.82, 2.24) is 20.8 Å². The summed E-state index contributed by atoms with van der Waals surface area (Å²) in [5.74, 6) is 0.597. The van der Waals surface area contributed by atoms with Crippen LogP contribution >= 0.6 is 0 Å². The Balaban J connectivity index is 1.55. The third-order valence-corrected chi connectivity index (χ3v) is 4.23. The lowest BCUT2D eigenvalue weighted by Crippen LogP contribution is -2.29. The number of nitrogens with one attached hydrogen (secondary N) is 3. The van der Waals surface area contributed by atoms with Gasteiger partial charge in [0, 0.05) is 23.9 Å². The summed E-state index contributed by atoms with van der Waals surface area (Å²) in [6, 6.07) is 7.64. The lowest BCUT2D eigenvalue weighted by molar-refractivity contribution is 0.0946. The molecule has 0 aliphatic carbocycles. The second-order valence-corrected chi connectivity index (χ2v) is 5.82. The minimum absolute atomic E-state index is 0.0101. The molecule has 5 nitrogen and oxygen atoms in total. The number of aromatic nitrogens is 2. The van der Waals surface area contributed by atoms with E-state index in [-0.39, 0.29) is 5.91 Å². The number of carbonyl (C=O) groups is 1. The van der Waals surface area contributed by atoms with Gasteiger partial charge in [-0.25, -0.2) is 0 Å². The van der Waals surface area contributed by atoms with Crippen molar-refractivity contribution in [3.8, 4) is 11.1 Å². The molecule has 0 saturated carbocycles. The van der Waals surface area contributed by atoms with Gasteiger partial charge in [-0.15, -0.1) is 0 Å². The normalized spacial score (nSPS) is 18.6. The summed E-state index contributed by atoms with van der Waals surface area (Å²) >= 11 is 0. The van der Waals surface area contributed by atoms with Crippen molar-refractivity contribution < 1.29 is 4.79 Å². The van der Waals surface area contributed by atoms with Crippen LogP contribution in [-0.4, -0.2) is 35.7 Å². The Kier molecular flexibility index (Phi) is 4.85. The molecule has 0 radical (unpaired) electrons. The first-order valence-corrected chi connectivity index (χ1v) is 7.91. The Bertz CT molecular complexity index is 584. The summed E-state index contributed by atoms with van der Waals surface area (Å²) < 4.78 is 0. The van der Waals surface area contributed by atoms with E-state index >= 15 is 0 Å². The quantitative estimate of drug-likeness (QED) is 0.810. The number of hydrogen-bond acceptors (Lipinski definition) is 3. The van der Waals surface area contributed by atoms with Crippen LogP contribution in [0.5, 0.6) is 0 Å². The highest BCUT2D eigenvalue weighted by molar-refractivity contribution is 5.94. The van der Waals surface area contributed by atoms with Crippen molar-refractivity contribution in [2.24, 2.45) is 5.92 Å². The molecule has 1 aliphatic heterocycles. The van der Waals surface area contributed by atoms with Gasteiger partial charge < -0.3 is 10.6 Å². The molecule has 5 heteroatoms. The summed E-state index contributed by atoms with van der Waals surface area (Å²) in [6.45, 7) is 2.92. The van der Waals surface area contributed by atoms with E-state index in [0.29, 0.717) is 11.5 Å². The van der Waals surface area contributed by atoms with Crippen LogP contribution in [-0.2, 0) is 0 Å². The van der Waals surface area contributed by atoms with E-state index in [1.54, 1.807) is 6.20 Å². The second kappa shape index (κ2) is 7.22. The zero-order valence-electron chi connectivity index (χ0n) is 12.6. The number of H-pyrrole nitrogens is 1. The van der Waals surface area contributed by atoms with E-state index in [1.807, 2.05) is 30.5 Å². The van der Waals surface area contributed by atoms with Gasteiger partial charge >= 0.3 is 0 Å². The molecule has 1 aromatic heterocycles. The van der Waals surface area contributed by atoms with E-state index in [1.165, 1.54) is 12.8 Å². The van der Waals surface area contributed by atoms with Crippen LogP contribution in [0.2, 0.25) is 0 Å². The maximum absolute atomic E-state index is 12.2. The molecule has 1 atom stereocenters. The smallest absolute Gasteiger partial charge is 0.251 e. The molecule has 22 heavy (non-hydrogen) atoms. The van der Waals surface area contributed by atoms with Crippen molar-refractivity contribution in [1.29, 1.82) is 0 Å². The zero-order chi connectivity index (χ0) is 15.2. The Labute approximate surface area is 130 Å². The number of hydrogen-bond donors (Lipinski definition) is 3. The Morgan fingerprint density at radius 1 is 1.18 bits per heavy atom. The van der Waals surface area contributed by atoms with Crippen molar-refractivity contribution in [3.63, 3.8) is 0 Å². The number of benzene rings is 1. The molecular weight excluding hydrogens is 276 g/mol. The first kappa shape index (κ1) is 14.8. The summed E-state index contributed by atoms with van der Waals surface area (Å²) in [7, 11) is 0. The van der Waals surface area contributed by atoms with Crippen LogP contribution < -0.4 is 10.6 Å². The molecule has 1 unspecified atom stereocenters. The molecule has 0 spiro atoms. The molecule has 0 bridgehead atoms. The standard InChI is InChI=1S/C17H22N4O/c22-17(19-10-13-2-1-8-18-9-7-13)15-5-3-14(4-6-15)16-11-20-21-12-16/h3-6,11-13,18H,1-2,7-10H2,(H,19,22)(H,20,21). The molecule has 1 aromatic carbocycles. The number of aromatic amines is 1. The van der Waals surface area contributed by atoms with Crippen LogP contribution in [0.1, 0.15) is 29.6 Å². The monoisotopic (exact) mass is 298 g/mol. The fourth-order valence-electron chi connectivity index (χ4n) is 2.86. The maximum Gasteiger partial charge on any atom is 0.251 e. The number of carbonyl (C=O) groups excluding carboxylic acids is 1. The highest BCUT2D eigenvalue weighted by Crippen LogP contribution is 2.18. The molecule has 1 saturated heterocycles. The predicted octanol–water partition coefficient (Wildman–Crippen LogP) is 2.20. The molecule has 1 amide bonds. The van der Waals surface area contributed by atoms with Crippen LogP contribution in [0.3, 0.4) is 0 Å². The van der Waals surface area contributed by atoms with Gasteiger partial charge in [-0.3, -0.25) is 9.89 Å². The summed E-state index contributed by atoms with van der Waals surface area (Å²) in [5, 5.41) is 13.2. The third-order valence-electron chi connectivity index (χ3n) is 4.23. The van der Waals surface area contributed by atoms with Gasteiger partial charge in [-0.2, -0.15) is 5.10 Å². The van der Waals surface area contributed by atoms with Crippen molar-refractivity contribution in [2.45, 2.75) is 19.3 Å². The van der Waals surface area contributed by atoms with Gasteiger partial charge in [0.05, 0.1) is 6.20 Å². The van der Waals surface area contributed by atoms with Gasteiger partial charge in [0.15, 0.2) is 0 Å². The molecular formula is C17H22N4O. The Morgan fingerprint density at radius 2 is 2.05 bits per heavy atom. The van der Waals surface area contributed by atoms with E-state index in [9.17, 15) is 4.79 Å². The van der Waals surface area contributed by atoms with Gasteiger partial charge in [0.2, 0.25) is 0 Å². The number of amides is 1. The van der Waals surface area contributed by atoms with Gasteiger partial charge in [0.1, 0.15) is 0 Å². The average molecular weight is 298 g/mol. The number of rotatable bonds is 4. The van der Waals surface area contributed by atoms with Gasteiger partial charge in [0.25, 0.3) is 5.91 Å². The molecule has 116 valence electrons. The molecule has 1 aliphatic rings. The average Bonchev–Trinajstić information content (AvgIpc) is 2.97. The highest BCUT2D eigenvalue weighted by atomic mass is 16.1. The second-order valence-electron chi connectivity index (χ2n) is 5.82. The van der Waals surface area contributed by atoms with Crippen LogP contribution in [0, 0.1) is 5.92 Å². The van der Waals surface area contributed by atoms with Crippen molar-refractivity contribution >= 4 is 5.91 Å². The van der Waals surface area contributed by atoms with E-state index < -0.39 is 0 Å². The van der Waals surface area contributed by atoms with E-state index in [2.05, 4.69) is 20.8 Å². The minimum atomic E-state index is 0.0101. The summed E-state index contributed by atoms with van der Waals surface area (Å²) in [6.07, 6.45) is 7.14. The molecule has 3 N–H and O–H groups in total. The first-order chi connectivity index (χ1) is 10.8. The maximum atomic E-state index is 12.2. The van der Waals surface area contributed by atoms with Crippen molar-refractivity contribution in [3.05, 3.63) is 42.2 Å². The summed E-state index contributed by atoms with van der Waals surface area (Å²) in [5.41, 5.74) is 2.79. The Hall–Kier alpha value is -2.14. The molecule has 1 fully saturated rings. The first-order valence-electron chi connectivity index (χ1n) is 7.91. The van der Waals surface area contributed by atoms with E-state index in [0.717, 1.165) is 37.2 Å². The topological polar surface area (TPSA) is 69.8 Å². The fraction of sp³-hybridized carbons (Fsp3) is 0.412. The predicted molar refractivity (Wildman–Crippen MR) is 86.6 cm³/mol. The highest BCUT2D eigenvalue weighted by Gasteiger charge is 2.13. The van der Waals surface area contributed by atoms with Gasteiger partial charge in [-0.05, 0) is 56.0 Å². The van der Waals surface area contributed by atoms with Crippen molar-refractivity contribution in [2.75, 3.05) is 19.6 Å². The van der Waals surface area contributed by atoms with Crippen LogP contribution in [0.25, 0.3) is 11.1 Å². The number of nitrogens with zero attached hydrogens (tertiary/aromatic N) is 1. The van der Waals surface area contributed by atoms with Crippen LogP contribution in [0.4, 0.5) is 0 Å². The molecule has 2 aromatic rings. The third kappa shape index (κ3) is 3.74. The van der Waals surface area contributed by atoms with Crippen LogP contribution in [0.15, 0.2) is 36.7 Å². The fourth-order valence-corrected chi connectivity index (χ4v) is 2.86. The SMILES string of the molecule is O=C(NCC1CCCNCC1)c1ccc(-c2cn[nH]c2)cc1. The van der Waals surface area contributed by atoms with E-state index in [4.69, 9.17) is 0 Å². The molecule has 3 rings (SSSR count).